The Morgan fingerprint density at radius 1 is 1.23 bits per heavy atom. The van der Waals surface area contributed by atoms with E-state index in [-0.39, 0.29) is 18.0 Å². The fourth-order valence-electron chi connectivity index (χ4n) is 3.52. The lowest BCUT2D eigenvalue weighted by atomic mass is 10.0. The van der Waals surface area contributed by atoms with Gasteiger partial charge in [0.2, 0.25) is 5.91 Å². The van der Waals surface area contributed by atoms with Crippen molar-refractivity contribution in [1.82, 2.24) is 15.2 Å². The summed E-state index contributed by atoms with van der Waals surface area (Å²) in [7, 11) is 0. The number of pyridine rings is 1. The van der Waals surface area contributed by atoms with Crippen LogP contribution < -0.4 is 10.6 Å². The molecule has 1 saturated heterocycles. The average molecular weight is 501 g/mol. The van der Waals surface area contributed by atoms with E-state index in [0.29, 0.717) is 18.1 Å². The minimum absolute atomic E-state index is 0.0177. The van der Waals surface area contributed by atoms with Crippen molar-refractivity contribution in [2.45, 2.75) is 25.4 Å². The zero-order valence-electron chi connectivity index (χ0n) is 16.3. The SMILES string of the molecule is Cc1ccc(NC(=O)CCN2C(=S)N[C@H](c3ccccn3)[C@@H]2c2ccc(Br)s2)cc1. The molecule has 8 heteroatoms. The van der Waals surface area contributed by atoms with E-state index in [4.69, 9.17) is 12.2 Å². The third-order valence-corrected chi connectivity index (χ3v) is 7.05. The highest BCUT2D eigenvalue weighted by Crippen LogP contribution is 2.42. The Morgan fingerprint density at radius 2 is 2.03 bits per heavy atom. The van der Waals surface area contributed by atoms with E-state index in [0.717, 1.165) is 20.7 Å². The number of benzene rings is 1. The van der Waals surface area contributed by atoms with Gasteiger partial charge in [-0.2, -0.15) is 0 Å². The predicted octanol–water partition coefficient (Wildman–Crippen LogP) is 5.22. The Hall–Kier alpha value is -2.29. The van der Waals surface area contributed by atoms with Gasteiger partial charge >= 0.3 is 0 Å². The summed E-state index contributed by atoms with van der Waals surface area (Å²) < 4.78 is 1.06. The Kier molecular flexibility index (Phi) is 6.46. The van der Waals surface area contributed by atoms with Crippen molar-refractivity contribution in [3.8, 4) is 0 Å². The highest BCUT2D eigenvalue weighted by molar-refractivity contribution is 9.11. The van der Waals surface area contributed by atoms with Gasteiger partial charge in [-0.1, -0.05) is 23.8 Å². The van der Waals surface area contributed by atoms with Gasteiger partial charge in [0.05, 0.1) is 21.6 Å². The largest absolute Gasteiger partial charge is 0.352 e. The molecule has 1 aliphatic heterocycles. The zero-order chi connectivity index (χ0) is 21.1. The van der Waals surface area contributed by atoms with Gasteiger partial charge in [-0.3, -0.25) is 9.78 Å². The topological polar surface area (TPSA) is 57.3 Å². The summed E-state index contributed by atoms with van der Waals surface area (Å²) >= 11 is 10.9. The molecule has 0 unspecified atom stereocenters. The van der Waals surface area contributed by atoms with Gasteiger partial charge in [0.1, 0.15) is 0 Å². The van der Waals surface area contributed by atoms with Gasteiger partial charge in [-0.25, -0.2) is 0 Å². The number of thiophene rings is 1. The molecule has 1 aromatic carbocycles. The van der Waals surface area contributed by atoms with Gasteiger partial charge in [-0.15, -0.1) is 11.3 Å². The summed E-state index contributed by atoms with van der Waals surface area (Å²) in [5, 5.41) is 7.02. The molecule has 0 spiro atoms. The summed E-state index contributed by atoms with van der Waals surface area (Å²) in [6.07, 6.45) is 2.13. The van der Waals surface area contributed by atoms with Crippen LogP contribution in [0, 0.1) is 6.92 Å². The van der Waals surface area contributed by atoms with Crippen LogP contribution >= 0.6 is 39.5 Å². The molecular formula is C22H21BrN4OS2. The van der Waals surface area contributed by atoms with Crippen LogP contribution in [0.5, 0.6) is 0 Å². The number of amides is 1. The number of carbonyl (C=O) groups excluding carboxylic acids is 1. The number of carbonyl (C=O) groups is 1. The van der Waals surface area contributed by atoms with E-state index < -0.39 is 0 Å². The van der Waals surface area contributed by atoms with Crippen molar-refractivity contribution >= 4 is 56.2 Å². The van der Waals surface area contributed by atoms with Crippen molar-refractivity contribution in [2.75, 3.05) is 11.9 Å². The number of nitrogens with one attached hydrogen (secondary N) is 2. The van der Waals surface area contributed by atoms with Crippen molar-refractivity contribution < 1.29 is 4.79 Å². The minimum atomic E-state index is -0.0654. The summed E-state index contributed by atoms with van der Waals surface area (Å²) in [6, 6.07) is 17.7. The van der Waals surface area contributed by atoms with Crippen molar-refractivity contribution in [2.24, 2.45) is 0 Å². The molecule has 2 N–H and O–H groups in total. The quantitative estimate of drug-likeness (QED) is 0.454. The molecule has 0 radical (unpaired) electrons. The third-order valence-electron chi connectivity index (χ3n) is 5.00. The molecule has 2 aromatic heterocycles. The molecular weight excluding hydrogens is 480 g/mol. The number of anilines is 1. The zero-order valence-corrected chi connectivity index (χ0v) is 19.6. The number of hydrogen-bond donors (Lipinski definition) is 2. The first-order chi connectivity index (χ1) is 14.5. The number of aromatic nitrogens is 1. The molecule has 3 heterocycles. The van der Waals surface area contributed by atoms with E-state index in [9.17, 15) is 4.79 Å². The number of hydrogen-bond acceptors (Lipinski definition) is 4. The Bertz CT molecular complexity index is 1040. The van der Waals surface area contributed by atoms with Crippen LogP contribution in [0.15, 0.2) is 64.6 Å². The minimum Gasteiger partial charge on any atom is -0.352 e. The average Bonchev–Trinajstić information content (AvgIpc) is 3.31. The van der Waals surface area contributed by atoms with Gasteiger partial charge < -0.3 is 15.5 Å². The Morgan fingerprint density at radius 3 is 2.70 bits per heavy atom. The number of nitrogens with zero attached hydrogens (tertiary/aromatic N) is 2. The van der Waals surface area contributed by atoms with Gasteiger partial charge in [0.15, 0.2) is 5.11 Å². The van der Waals surface area contributed by atoms with E-state index in [1.165, 1.54) is 4.88 Å². The van der Waals surface area contributed by atoms with Crippen LogP contribution in [-0.2, 0) is 4.79 Å². The predicted molar refractivity (Wildman–Crippen MR) is 129 cm³/mol. The van der Waals surface area contributed by atoms with E-state index in [2.05, 4.69) is 42.5 Å². The van der Waals surface area contributed by atoms with Gasteiger partial charge in [-0.05, 0) is 71.5 Å². The molecule has 1 fully saturated rings. The van der Waals surface area contributed by atoms with E-state index in [1.807, 2.05) is 55.5 Å². The first-order valence-electron chi connectivity index (χ1n) is 9.61. The fourth-order valence-corrected chi connectivity index (χ4v) is 5.43. The standard InChI is InChI=1S/C22H21BrN4OS2/c1-14-5-7-15(8-6-14)25-19(28)11-13-27-21(17-9-10-18(23)30-17)20(26-22(27)29)16-4-2-3-12-24-16/h2-10,12,20-21H,11,13H2,1H3,(H,25,28)(H,26,29)/t20-,21+/m1/s1. The van der Waals surface area contributed by atoms with Gasteiger partial charge in [0, 0.05) is 29.7 Å². The Labute approximate surface area is 193 Å². The van der Waals surface area contributed by atoms with E-state index >= 15 is 0 Å². The molecule has 0 bridgehead atoms. The van der Waals surface area contributed by atoms with Crippen LogP contribution in [0.4, 0.5) is 5.69 Å². The maximum atomic E-state index is 12.5. The van der Waals surface area contributed by atoms with Gasteiger partial charge in [0.25, 0.3) is 0 Å². The summed E-state index contributed by atoms with van der Waals surface area (Å²) in [5.41, 5.74) is 2.89. The highest BCUT2D eigenvalue weighted by Gasteiger charge is 2.40. The highest BCUT2D eigenvalue weighted by atomic mass is 79.9. The monoisotopic (exact) mass is 500 g/mol. The maximum Gasteiger partial charge on any atom is 0.226 e. The van der Waals surface area contributed by atoms with E-state index in [1.54, 1.807) is 17.5 Å². The number of halogens is 1. The van der Waals surface area contributed by atoms with Crippen LogP contribution in [0.2, 0.25) is 0 Å². The molecule has 0 aliphatic carbocycles. The van der Waals surface area contributed by atoms with Crippen molar-refractivity contribution in [3.05, 3.63) is 80.7 Å². The second kappa shape index (κ2) is 9.24. The van der Waals surface area contributed by atoms with Crippen LogP contribution in [0.25, 0.3) is 0 Å². The number of aryl methyl sites for hydroxylation is 1. The first kappa shape index (κ1) is 21.0. The molecule has 2 atom stereocenters. The molecule has 154 valence electrons. The fraction of sp³-hybridized carbons (Fsp3) is 0.227. The maximum absolute atomic E-state index is 12.5. The summed E-state index contributed by atoms with van der Waals surface area (Å²) in [5.74, 6) is -0.0333. The molecule has 4 rings (SSSR count). The van der Waals surface area contributed by atoms with Crippen molar-refractivity contribution in [1.29, 1.82) is 0 Å². The number of thiocarbonyl (C=S) groups is 1. The van der Waals surface area contributed by atoms with Crippen LogP contribution in [0.1, 0.15) is 34.6 Å². The lowest BCUT2D eigenvalue weighted by molar-refractivity contribution is -0.116. The normalized spacial score (nSPS) is 18.3. The lowest BCUT2D eigenvalue weighted by Crippen LogP contribution is -2.32. The molecule has 5 nitrogen and oxygen atoms in total. The second-order valence-electron chi connectivity index (χ2n) is 7.13. The smallest absolute Gasteiger partial charge is 0.226 e. The number of rotatable bonds is 6. The second-order valence-corrected chi connectivity index (χ2v) is 10.0. The lowest BCUT2D eigenvalue weighted by Gasteiger charge is -2.26. The first-order valence-corrected chi connectivity index (χ1v) is 11.6. The van der Waals surface area contributed by atoms with Crippen molar-refractivity contribution in [3.63, 3.8) is 0 Å². The third kappa shape index (κ3) is 4.71. The molecule has 0 saturated carbocycles. The molecule has 1 aliphatic rings. The summed E-state index contributed by atoms with van der Waals surface area (Å²) in [6.45, 7) is 2.54. The molecule has 30 heavy (non-hydrogen) atoms. The summed E-state index contributed by atoms with van der Waals surface area (Å²) in [4.78, 5) is 20.3. The van der Waals surface area contributed by atoms with Crippen LogP contribution in [-0.4, -0.2) is 27.4 Å². The molecule has 1 amide bonds. The van der Waals surface area contributed by atoms with Crippen LogP contribution in [0.3, 0.4) is 0 Å². The Balaban J connectivity index is 1.51. The molecule has 3 aromatic rings.